The van der Waals surface area contributed by atoms with E-state index in [-0.39, 0.29) is 9.77 Å². The Balaban J connectivity index is 1.59. The van der Waals surface area contributed by atoms with E-state index in [9.17, 15) is 18.3 Å². The summed E-state index contributed by atoms with van der Waals surface area (Å²) in [6.07, 6.45) is 4.73. The molecule has 0 saturated carbocycles. The first-order valence-electron chi connectivity index (χ1n) is 10.3. The fraction of sp³-hybridized carbons (Fsp3) is 0.476. The van der Waals surface area contributed by atoms with Crippen molar-refractivity contribution in [2.75, 3.05) is 42.3 Å². The van der Waals surface area contributed by atoms with Gasteiger partial charge in [-0.05, 0) is 74.3 Å². The zero-order valence-electron chi connectivity index (χ0n) is 16.8. The Morgan fingerprint density at radius 2 is 1.97 bits per heavy atom. The van der Waals surface area contributed by atoms with Crippen LogP contribution in [0.4, 0.5) is 11.4 Å². The van der Waals surface area contributed by atoms with Crippen molar-refractivity contribution in [2.24, 2.45) is 5.92 Å². The Morgan fingerprint density at radius 3 is 2.67 bits per heavy atom. The van der Waals surface area contributed by atoms with Crippen molar-refractivity contribution in [3.05, 3.63) is 41.3 Å². The first-order valence-corrected chi connectivity index (χ1v) is 12.7. The van der Waals surface area contributed by atoms with Gasteiger partial charge in [-0.2, -0.15) is 0 Å². The Kier molecular flexibility index (Phi) is 6.31. The van der Waals surface area contributed by atoms with Gasteiger partial charge in [-0.25, -0.2) is 13.2 Å². The number of carbonyl (C=O) groups is 1. The highest BCUT2D eigenvalue weighted by Gasteiger charge is 2.26. The molecule has 2 aliphatic heterocycles. The number of nitrogens with one attached hydrogen (secondary N) is 1. The lowest BCUT2D eigenvalue weighted by atomic mass is 9.96. The number of piperidine rings is 1. The fourth-order valence-electron chi connectivity index (χ4n) is 4.40. The van der Waals surface area contributed by atoms with Crippen LogP contribution in [-0.2, 0) is 10.0 Å². The van der Waals surface area contributed by atoms with E-state index < -0.39 is 16.0 Å². The Hall–Kier alpha value is -2.10. The average molecular weight is 450 g/mol. The number of benzene rings is 1. The Labute approximate surface area is 181 Å². The first-order chi connectivity index (χ1) is 14.4. The molecule has 9 heteroatoms. The van der Waals surface area contributed by atoms with Crippen molar-refractivity contribution in [3.63, 3.8) is 0 Å². The largest absolute Gasteiger partial charge is 0.478 e. The molecule has 7 nitrogen and oxygen atoms in total. The van der Waals surface area contributed by atoms with E-state index in [4.69, 9.17) is 0 Å². The van der Waals surface area contributed by atoms with Crippen LogP contribution in [0.2, 0.25) is 0 Å². The summed E-state index contributed by atoms with van der Waals surface area (Å²) in [6.45, 7) is 5.07. The minimum atomic E-state index is -3.77. The molecule has 2 N–H and O–H groups in total. The Morgan fingerprint density at radius 1 is 1.17 bits per heavy atom. The van der Waals surface area contributed by atoms with Crippen LogP contribution in [0.1, 0.15) is 36.0 Å². The monoisotopic (exact) mass is 449 g/mol. The van der Waals surface area contributed by atoms with Crippen LogP contribution >= 0.6 is 11.3 Å². The van der Waals surface area contributed by atoms with Crippen molar-refractivity contribution in [3.8, 4) is 0 Å². The van der Waals surface area contributed by atoms with E-state index in [1.54, 1.807) is 29.6 Å². The topological polar surface area (TPSA) is 89.9 Å². The van der Waals surface area contributed by atoms with Gasteiger partial charge in [0, 0.05) is 19.6 Å². The maximum atomic E-state index is 12.8. The average Bonchev–Trinajstić information content (AvgIpc) is 3.42. The number of rotatable bonds is 7. The summed E-state index contributed by atoms with van der Waals surface area (Å²) in [5.41, 5.74) is 1.13. The summed E-state index contributed by atoms with van der Waals surface area (Å²) >= 11 is 1.13. The maximum Gasteiger partial charge on any atom is 0.335 e. The number of thiophene rings is 1. The van der Waals surface area contributed by atoms with Gasteiger partial charge < -0.3 is 14.9 Å². The van der Waals surface area contributed by atoms with Crippen LogP contribution in [-0.4, -0.2) is 57.1 Å². The van der Waals surface area contributed by atoms with Gasteiger partial charge in [0.25, 0.3) is 10.0 Å². The fourth-order valence-corrected chi connectivity index (χ4v) is 6.46. The van der Waals surface area contributed by atoms with Gasteiger partial charge in [0.1, 0.15) is 4.21 Å². The Bertz CT molecular complexity index is 986. The molecule has 1 aromatic carbocycles. The smallest absolute Gasteiger partial charge is 0.335 e. The van der Waals surface area contributed by atoms with E-state index in [2.05, 4.69) is 14.5 Å². The summed E-state index contributed by atoms with van der Waals surface area (Å²) in [5.74, 6) is -0.554. The summed E-state index contributed by atoms with van der Waals surface area (Å²) < 4.78 is 28.4. The minimum Gasteiger partial charge on any atom is -0.478 e. The van der Waals surface area contributed by atoms with Crippen LogP contribution < -0.4 is 9.62 Å². The molecule has 2 aliphatic rings. The molecule has 0 unspecified atom stereocenters. The van der Waals surface area contributed by atoms with Gasteiger partial charge in [-0.3, -0.25) is 4.72 Å². The number of nitrogens with zero attached hydrogens (tertiary/aromatic N) is 2. The van der Waals surface area contributed by atoms with Crippen molar-refractivity contribution < 1.29 is 18.3 Å². The second-order valence-corrected chi connectivity index (χ2v) is 10.9. The summed E-state index contributed by atoms with van der Waals surface area (Å²) in [5, 5.41) is 11.1. The van der Waals surface area contributed by atoms with E-state index in [1.165, 1.54) is 18.9 Å². The quantitative estimate of drug-likeness (QED) is 0.672. The van der Waals surface area contributed by atoms with Gasteiger partial charge in [0.15, 0.2) is 0 Å². The van der Waals surface area contributed by atoms with Crippen LogP contribution in [0, 0.1) is 5.92 Å². The van der Waals surface area contributed by atoms with Crippen LogP contribution in [0.3, 0.4) is 0 Å². The predicted octanol–water partition coefficient (Wildman–Crippen LogP) is 3.56. The molecule has 1 aromatic heterocycles. The van der Waals surface area contributed by atoms with Crippen LogP contribution in [0.25, 0.3) is 0 Å². The molecule has 30 heavy (non-hydrogen) atoms. The molecular weight excluding hydrogens is 422 g/mol. The highest BCUT2D eigenvalue weighted by atomic mass is 32.2. The molecule has 162 valence electrons. The van der Waals surface area contributed by atoms with Gasteiger partial charge >= 0.3 is 5.97 Å². The predicted molar refractivity (Wildman–Crippen MR) is 119 cm³/mol. The highest BCUT2D eigenvalue weighted by Crippen LogP contribution is 2.33. The number of carboxylic acids is 1. The molecule has 3 heterocycles. The zero-order chi connectivity index (χ0) is 21.1. The standard InChI is InChI=1S/C21H27N3O4S2/c25-21(26)17-7-8-19(18(13-17)22-30(27,28)20-6-4-12-29-20)24-11-3-5-16(15-24)14-23-9-1-2-10-23/h4,6-8,12-13,16,22H,1-3,5,9-11,14-15H2,(H,25,26)/t16-/m0/s1. The summed E-state index contributed by atoms with van der Waals surface area (Å²) in [6, 6.07) is 7.92. The van der Waals surface area contributed by atoms with E-state index in [1.807, 2.05) is 0 Å². The molecule has 1 atom stereocenters. The van der Waals surface area contributed by atoms with Crippen molar-refractivity contribution in [1.82, 2.24) is 4.90 Å². The molecule has 0 aliphatic carbocycles. The van der Waals surface area contributed by atoms with E-state index in [0.29, 0.717) is 11.6 Å². The number of hydrogen-bond acceptors (Lipinski definition) is 6. The molecule has 0 radical (unpaired) electrons. The molecule has 0 bridgehead atoms. The number of hydrogen-bond donors (Lipinski definition) is 2. The third-order valence-electron chi connectivity index (χ3n) is 5.82. The molecule has 2 fully saturated rings. The second-order valence-electron chi connectivity index (χ2n) is 8.04. The minimum absolute atomic E-state index is 0.0632. The van der Waals surface area contributed by atoms with Crippen molar-refractivity contribution in [1.29, 1.82) is 0 Å². The second kappa shape index (κ2) is 8.95. The molecule has 2 saturated heterocycles. The summed E-state index contributed by atoms with van der Waals surface area (Å²) in [7, 11) is -3.77. The van der Waals surface area contributed by atoms with Crippen LogP contribution in [0.15, 0.2) is 39.9 Å². The molecule has 0 spiro atoms. The normalized spacial score (nSPS) is 20.4. The number of aromatic carboxylic acids is 1. The van der Waals surface area contributed by atoms with E-state index in [0.717, 1.165) is 62.6 Å². The number of carboxylic acid groups (broad SMARTS) is 1. The molecule has 0 amide bonds. The lowest BCUT2D eigenvalue weighted by molar-refractivity contribution is 0.0697. The first kappa shape index (κ1) is 21.1. The zero-order valence-corrected chi connectivity index (χ0v) is 18.4. The third-order valence-corrected chi connectivity index (χ3v) is 8.59. The SMILES string of the molecule is O=C(O)c1ccc(N2CCC[C@@H](CN3CCCC3)C2)c(NS(=O)(=O)c2cccs2)c1. The van der Waals surface area contributed by atoms with Crippen LogP contribution in [0.5, 0.6) is 0 Å². The number of sulfonamides is 1. The lowest BCUT2D eigenvalue weighted by Crippen LogP contribution is -2.40. The van der Waals surface area contributed by atoms with Crippen molar-refractivity contribution >= 4 is 38.7 Å². The lowest BCUT2D eigenvalue weighted by Gasteiger charge is -2.37. The van der Waals surface area contributed by atoms with Gasteiger partial charge in [-0.1, -0.05) is 6.07 Å². The van der Waals surface area contributed by atoms with E-state index >= 15 is 0 Å². The molecular formula is C21H27N3O4S2. The number of anilines is 2. The maximum absolute atomic E-state index is 12.8. The number of likely N-dealkylation sites (tertiary alicyclic amines) is 1. The summed E-state index contributed by atoms with van der Waals surface area (Å²) in [4.78, 5) is 16.2. The highest BCUT2D eigenvalue weighted by molar-refractivity contribution is 7.94. The third kappa shape index (κ3) is 4.79. The van der Waals surface area contributed by atoms with Gasteiger partial charge in [-0.15, -0.1) is 11.3 Å². The van der Waals surface area contributed by atoms with Gasteiger partial charge in [0.05, 0.1) is 16.9 Å². The van der Waals surface area contributed by atoms with Gasteiger partial charge in [0.2, 0.25) is 0 Å². The molecule has 4 rings (SSSR count). The van der Waals surface area contributed by atoms with Crippen molar-refractivity contribution in [2.45, 2.75) is 29.9 Å². The molecule has 2 aromatic rings.